The Bertz CT molecular complexity index is 940. The van der Waals surface area contributed by atoms with E-state index in [2.05, 4.69) is 39.2 Å². The first-order valence-electron chi connectivity index (χ1n) is 8.80. The van der Waals surface area contributed by atoms with Gasteiger partial charge in [0.25, 0.3) is 5.91 Å². The number of benzene rings is 1. The summed E-state index contributed by atoms with van der Waals surface area (Å²) in [4.78, 5) is 22.4. The van der Waals surface area contributed by atoms with Gasteiger partial charge in [-0.3, -0.25) is 4.79 Å². The second-order valence-corrected chi connectivity index (χ2v) is 6.68. The summed E-state index contributed by atoms with van der Waals surface area (Å²) in [6, 6.07) is 9.87. The Kier molecular flexibility index (Phi) is 4.34. The van der Waals surface area contributed by atoms with Crippen molar-refractivity contribution in [1.82, 2.24) is 9.97 Å². The molecule has 1 amide bonds. The maximum atomic E-state index is 12.6. The van der Waals surface area contributed by atoms with E-state index in [9.17, 15) is 4.79 Å². The highest BCUT2D eigenvalue weighted by Gasteiger charge is 2.14. The predicted octanol–water partition coefficient (Wildman–Crippen LogP) is 3.27. The molecule has 1 saturated heterocycles. The van der Waals surface area contributed by atoms with Gasteiger partial charge in [-0.2, -0.15) is 0 Å². The van der Waals surface area contributed by atoms with Crippen molar-refractivity contribution < 1.29 is 9.53 Å². The highest BCUT2D eigenvalue weighted by atomic mass is 16.5. The Morgan fingerprint density at radius 2 is 2.00 bits per heavy atom. The van der Waals surface area contributed by atoms with E-state index in [1.165, 1.54) is 5.56 Å². The highest BCUT2D eigenvalue weighted by Crippen LogP contribution is 2.22. The quantitative estimate of drug-likeness (QED) is 0.761. The van der Waals surface area contributed by atoms with Gasteiger partial charge in [0.15, 0.2) is 0 Å². The lowest BCUT2D eigenvalue weighted by molar-refractivity contribution is 0.102. The van der Waals surface area contributed by atoms with E-state index >= 15 is 0 Å². The molecule has 0 bridgehead atoms. The maximum absolute atomic E-state index is 12.6. The number of aromatic nitrogens is 2. The molecule has 1 aromatic carbocycles. The number of carbonyl (C=O) groups excluding carboxylic acids is 1. The Labute approximate surface area is 152 Å². The Morgan fingerprint density at radius 3 is 2.73 bits per heavy atom. The molecular weight excluding hydrogens is 328 g/mol. The van der Waals surface area contributed by atoms with Crippen molar-refractivity contribution >= 4 is 28.3 Å². The monoisotopic (exact) mass is 350 g/mol. The van der Waals surface area contributed by atoms with Gasteiger partial charge in [0.1, 0.15) is 11.5 Å². The van der Waals surface area contributed by atoms with Gasteiger partial charge in [-0.15, -0.1) is 0 Å². The smallest absolute Gasteiger partial charge is 0.273 e. The molecule has 134 valence electrons. The Hall–Kier alpha value is -2.86. The number of fused-ring (bicyclic) bond motifs is 1. The summed E-state index contributed by atoms with van der Waals surface area (Å²) < 4.78 is 5.36. The van der Waals surface area contributed by atoms with E-state index in [0.717, 1.165) is 48.5 Å². The Balaban J connectivity index is 1.50. The van der Waals surface area contributed by atoms with E-state index in [1.807, 2.05) is 25.1 Å². The first-order valence-corrected chi connectivity index (χ1v) is 8.80. The van der Waals surface area contributed by atoms with Crippen molar-refractivity contribution in [2.24, 2.45) is 0 Å². The van der Waals surface area contributed by atoms with Gasteiger partial charge in [0, 0.05) is 24.0 Å². The van der Waals surface area contributed by atoms with Crippen LogP contribution in [0.25, 0.3) is 10.9 Å². The molecule has 2 aromatic heterocycles. The van der Waals surface area contributed by atoms with E-state index in [4.69, 9.17) is 4.74 Å². The number of hydrogen-bond acceptors (Lipinski definition) is 4. The van der Waals surface area contributed by atoms with Crippen LogP contribution in [0.15, 0.2) is 36.5 Å². The summed E-state index contributed by atoms with van der Waals surface area (Å²) in [5, 5.41) is 3.92. The zero-order valence-corrected chi connectivity index (χ0v) is 15.0. The van der Waals surface area contributed by atoms with Crippen LogP contribution in [-0.4, -0.2) is 42.2 Å². The average Bonchev–Trinajstić information content (AvgIpc) is 3.08. The zero-order valence-electron chi connectivity index (χ0n) is 15.0. The third kappa shape index (κ3) is 3.28. The minimum Gasteiger partial charge on any atom is -0.378 e. The molecule has 0 atom stereocenters. The molecule has 3 heterocycles. The molecule has 4 rings (SSSR count). The molecule has 26 heavy (non-hydrogen) atoms. The molecule has 0 unspecified atom stereocenters. The summed E-state index contributed by atoms with van der Waals surface area (Å²) in [7, 11) is 0. The summed E-state index contributed by atoms with van der Waals surface area (Å²) in [5.74, 6) is 0.350. The van der Waals surface area contributed by atoms with Gasteiger partial charge in [-0.1, -0.05) is 6.07 Å². The number of hydrogen-bond donors (Lipinski definition) is 2. The number of H-pyrrole nitrogens is 1. The number of nitrogens with zero attached hydrogens (tertiary/aromatic N) is 2. The number of rotatable bonds is 3. The van der Waals surface area contributed by atoms with Crippen LogP contribution in [-0.2, 0) is 4.74 Å². The standard InChI is InChI=1S/C20H22N4O2/c1-13-9-14(2)16-11-18(22-17(16)10-13)20(25)23-19-4-3-15(12-21-19)24-5-7-26-8-6-24/h3-4,9-12,22H,5-8H2,1-2H3,(H,21,23,25). The van der Waals surface area contributed by atoms with E-state index in [0.29, 0.717) is 11.5 Å². The van der Waals surface area contributed by atoms with Crippen LogP contribution >= 0.6 is 0 Å². The molecule has 0 radical (unpaired) electrons. The fraction of sp³-hybridized carbons (Fsp3) is 0.300. The normalized spacial score (nSPS) is 14.6. The number of morpholine rings is 1. The van der Waals surface area contributed by atoms with Gasteiger partial charge >= 0.3 is 0 Å². The first kappa shape index (κ1) is 16.6. The predicted molar refractivity (Wildman–Crippen MR) is 103 cm³/mol. The second kappa shape index (κ2) is 6.80. The topological polar surface area (TPSA) is 70.2 Å². The van der Waals surface area contributed by atoms with Crippen LogP contribution in [0.2, 0.25) is 0 Å². The van der Waals surface area contributed by atoms with Gasteiger partial charge in [-0.05, 0) is 49.2 Å². The van der Waals surface area contributed by atoms with Crippen molar-refractivity contribution in [3.8, 4) is 0 Å². The molecule has 0 aliphatic carbocycles. The molecule has 0 saturated carbocycles. The van der Waals surface area contributed by atoms with Crippen molar-refractivity contribution in [2.45, 2.75) is 13.8 Å². The van der Waals surface area contributed by atoms with Crippen molar-refractivity contribution in [2.75, 3.05) is 36.5 Å². The SMILES string of the molecule is Cc1cc(C)c2cc(C(=O)Nc3ccc(N4CCOCC4)cn3)[nH]c2c1. The largest absolute Gasteiger partial charge is 0.378 e. The number of carbonyl (C=O) groups is 1. The molecule has 1 fully saturated rings. The minimum absolute atomic E-state index is 0.190. The van der Waals surface area contributed by atoms with E-state index in [-0.39, 0.29) is 5.91 Å². The number of aryl methyl sites for hydroxylation is 2. The third-order valence-electron chi connectivity index (χ3n) is 4.70. The fourth-order valence-corrected chi connectivity index (χ4v) is 3.37. The van der Waals surface area contributed by atoms with Crippen molar-refractivity contribution in [3.05, 3.63) is 53.3 Å². The molecule has 6 heteroatoms. The number of amides is 1. The molecular formula is C20H22N4O2. The van der Waals surface area contributed by atoms with Crippen molar-refractivity contribution in [1.29, 1.82) is 0 Å². The molecule has 0 spiro atoms. The lowest BCUT2D eigenvalue weighted by Crippen LogP contribution is -2.36. The van der Waals surface area contributed by atoms with Gasteiger partial charge in [-0.25, -0.2) is 4.98 Å². The fourth-order valence-electron chi connectivity index (χ4n) is 3.37. The number of ether oxygens (including phenoxy) is 1. The zero-order chi connectivity index (χ0) is 18.1. The van der Waals surface area contributed by atoms with Gasteiger partial charge in [0.2, 0.25) is 0 Å². The number of anilines is 2. The lowest BCUT2D eigenvalue weighted by Gasteiger charge is -2.28. The van der Waals surface area contributed by atoms with Gasteiger partial charge < -0.3 is 19.9 Å². The number of nitrogens with one attached hydrogen (secondary N) is 2. The Morgan fingerprint density at radius 1 is 1.19 bits per heavy atom. The first-order chi connectivity index (χ1) is 12.6. The summed E-state index contributed by atoms with van der Waals surface area (Å²) >= 11 is 0. The van der Waals surface area contributed by atoms with Crippen LogP contribution in [0.1, 0.15) is 21.6 Å². The van der Waals surface area contributed by atoms with Crippen LogP contribution < -0.4 is 10.2 Å². The summed E-state index contributed by atoms with van der Waals surface area (Å²) in [5.41, 5.74) is 4.88. The second-order valence-electron chi connectivity index (χ2n) is 6.68. The van der Waals surface area contributed by atoms with E-state index in [1.54, 1.807) is 6.20 Å². The average molecular weight is 350 g/mol. The molecule has 3 aromatic rings. The van der Waals surface area contributed by atoms with Gasteiger partial charge in [0.05, 0.1) is 25.1 Å². The third-order valence-corrected chi connectivity index (χ3v) is 4.70. The molecule has 2 N–H and O–H groups in total. The summed E-state index contributed by atoms with van der Waals surface area (Å²) in [6.07, 6.45) is 1.79. The number of pyridine rings is 1. The molecule has 6 nitrogen and oxygen atoms in total. The maximum Gasteiger partial charge on any atom is 0.273 e. The van der Waals surface area contributed by atoms with E-state index < -0.39 is 0 Å². The summed E-state index contributed by atoms with van der Waals surface area (Å²) in [6.45, 7) is 7.29. The highest BCUT2D eigenvalue weighted by molar-refractivity contribution is 6.06. The number of aromatic amines is 1. The molecule has 1 aliphatic heterocycles. The minimum atomic E-state index is -0.190. The lowest BCUT2D eigenvalue weighted by atomic mass is 10.1. The van der Waals surface area contributed by atoms with Crippen LogP contribution in [0.3, 0.4) is 0 Å². The molecule has 1 aliphatic rings. The van der Waals surface area contributed by atoms with Crippen LogP contribution in [0.5, 0.6) is 0 Å². The van der Waals surface area contributed by atoms with Crippen LogP contribution in [0.4, 0.5) is 11.5 Å². The van der Waals surface area contributed by atoms with Crippen molar-refractivity contribution in [3.63, 3.8) is 0 Å². The van der Waals surface area contributed by atoms with Crippen LogP contribution in [0, 0.1) is 13.8 Å².